The maximum absolute atomic E-state index is 13.0. The monoisotopic (exact) mass is 288 g/mol. The molecule has 1 atom stereocenters. The first-order valence-electron chi connectivity index (χ1n) is 6.52. The fraction of sp³-hybridized carbons (Fsp3) is 0.571. The highest BCUT2D eigenvalue weighted by Crippen LogP contribution is 2.15. The second-order valence-corrected chi connectivity index (χ2v) is 7.23. The van der Waals surface area contributed by atoms with Crippen LogP contribution in [0.2, 0.25) is 0 Å². The first-order valence-corrected chi connectivity index (χ1v) is 8.34. The van der Waals surface area contributed by atoms with Gasteiger partial charge in [0.15, 0.2) is 0 Å². The molecule has 0 heterocycles. The SMILES string of the molecule is CCS(=O)(=O)CCCC(CO)Cc1cccc(F)c1. The van der Waals surface area contributed by atoms with E-state index in [0.29, 0.717) is 19.3 Å². The van der Waals surface area contributed by atoms with Crippen LogP contribution in [-0.4, -0.2) is 31.6 Å². The average Bonchev–Trinajstić information content (AvgIpc) is 2.37. The van der Waals surface area contributed by atoms with E-state index in [4.69, 9.17) is 0 Å². The van der Waals surface area contributed by atoms with Crippen molar-refractivity contribution in [3.8, 4) is 0 Å². The number of aliphatic hydroxyl groups excluding tert-OH is 1. The van der Waals surface area contributed by atoms with E-state index in [-0.39, 0.29) is 29.8 Å². The van der Waals surface area contributed by atoms with Crippen molar-refractivity contribution in [2.75, 3.05) is 18.1 Å². The van der Waals surface area contributed by atoms with E-state index in [1.165, 1.54) is 12.1 Å². The topological polar surface area (TPSA) is 54.4 Å². The molecule has 19 heavy (non-hydrogen) atoms. The van der Waals surface area contributed by atoms with Crippen molar-refractivity contribution < 1.29 is 17.9 Å². The van der Waals surface area contributed by atoms with Crippen LogP contribution >= 0.6 is 0 Å². The van der Waals surface area contributed by atoms with Crippen LogP contribution in [-0.2, 0) is 16.3 Å². The molecule has 0 aliphatic heterocycles. The van der Waals surface area contributed by atoms with Crippen molar-refractivity contribution in [1.82, 2.24) is 0 Å². The smallest absolute Gasteiger partial charge is 0.150 e. The standard InChI is InChI=1S/C14H21FO3S/c1-2-19(17,18)8-4-6-13(11-16)9-12-5-3-7-14(15)10-12/h3,5,7,10,13,16H,2,4,6,8-9,11H2,1H3. The van der Waals surface area contributed by atoms with Crippen LogP contribution in [0.4, 0.5) is 4.39 Å². The Balaban J connectivity index is 2.46. The van der Waals surface area contributed by atoms with Gasteiger partial charge in [0, 0.05) is 12.4 Å². The average molecular weight is 288 g/mol. The fourth-order valence-electron chi connectivity index (χ4n) is 1.99. The van der Waals surface area contributed by atoms with Crippen molar-refractivity contribution >= 4 is 9.84 Å². The molecular weight excluding hydrogens is 267 g/mol. The van der Waals surface area contributed by atoms with Gasteiger partial charge in [-0.1, -0.05) is 19.1 Å². The van der Waals surface area contributed by atoms with E-state index < -0.39 is 9.84 Å². The quantitative estimate of drug-likeness (QED) is 0.798. The Morgan fingerprint density at radius 2 is 2.11 bits per heavy atom. The third-order valence-corrected chi connectivity index (χ3v) is 4.97. The lowest BCUT2D eigenvalue weighted by Crippen LogP contribution is -2.14. The molecule has 1 aromatic rings. The molecule has 0 saturated carbocycles. The van der Waals surface area contributed by atoms with E-state index in [1.807, 2.05) is 6.07 Å². The molecule has 1 rings (SSSR count). The van der Waals surface area contributed by atoms with Gasteiger partial charge < -0.3 is 5.11 Å². The number of aliphatic hydroxyl groups is 1. The summed E-state index contributed by atoms with van der Waals surface area (Å²) in [6, 6.07) is 6.28. The van der Waals surface area contributed by atoms with Crippen LogP contribution in [0.5, 0.6) is 0 Å². The summed E-state index contributed by atoms with van der Waals surface area (Å²) in [6.45, 7) is 1.62. The Bertz CT molecular complexity index is 485. The first-order chi connectivity index (χ1) is 8.96. The molecule has 1 N–H and O–H groups in total. The molecular formula is C14H21FO3S. The largest absolute Gasteiger partial charge is 0.396 e. The van der Waals surface area contributed by atoms with E-state index in [2.05, 4.69) is 0 Å². The van der Waals surface area contributed by atoms with Crippen molar-refractivity contribution in [3.63, 3.8) is 0 Å². The van der Waals surface area contributed by atoms with Crippen LogP contribution in [0.3, 0.4) is 0 Å². The summed E-state index contributed by atoms with van der Waals surface area (Å²) in [5.74, 6) is 0.000667. The van der Waals surface area contributed by atoms with Gasteiger partial charge in [0.1, 0.15) is 15.7 Å². The van der Waals surface area contributed by atoms with Crippen LogP contribution in [0.15, 0.2) is 24.3 Å². The molecule has 0 aliphatic carbocycles. The van der Waals surface area contributed by atoms with Gasteiger partial charge in [-0.3, -0.25) is 0 Å². The molecule has 1 unspecified atom stereocenters. The Kier molecular flexibility index (Phi) is 6.45. The summed E-state index contributed by atoms with van der Waals surface area (Å²) in [7, 11) is -2.94. The molecule has 0 bridgehead atoms. The van der Waals surface area contributed by atoms with Crippen LogP contribution in [0.25, 0.3) is 0 Å². The minimum absolute atomic E-state index is 0.0112. The van der Waals surface area contributed by atoms with Gasteiger partial charge in [-0.15, -0.1) is 0 Å². The van der Waals surface area contributed by atoms with Gasteiger partial charge in [0.2, 0.25) is 0 Å². The Labute approximate surface area is 114 Å². The van der Waals surface area contributed by atoms with Gasteiger partial charge in [0.05, 0.1) is 5.75 Å². The molecule has 0 aliphatic rings. The maximum atomic E-state index is 13.0. The zero-order valence-electron chi connectivity index (χ0n) is 11.2. The van der Waals surface area contributed by atoms with E-state index in [9.17, 15) is 17.9 Å². The molecule has 0 amide bonds. The molecule has 3 nitrogen and oxygen atoms in total. The van der Waals surface area contributed by atoms with Crippen LogP contribution in [0, 0.1) is 11.7 Å². The van der Waals surface area contributed by atoms with Crippen molar-refractivity contribution in [3.05, 3.63) is 35.6 Å². The number of hydrogen-bond acceptors (Lipinski definition) is 3. The lowest BCUT2D eigenvalue weighted by molar-refractivity contribution is 0.217. The summed E-state index contributed by atoms with van der Waals surface area (Å²) in [5, 5.41) is 9.30. The normalized spacial score (nSPS) is 13.4. The Morgan fingerprint density at radius 3 is 2.68 bits per heavy atom. The van der Waals surface area contributed by atoms with Gasteiger partial charge in [0.25, 0.3) is 0 Å². The van der Waals surface area contributed by atoms with Crippen molar-refractivity contribution in [1.29, 1.82) is 0 Å². The highest BCUT2D eigenvalue weighted by molar-refractivity contribution is 7.91. The van der Waals surface area contributed by atoms with Crippen molar-refractivity contribution in [2.45, 2.75) is 26.2 Å². The summed E-state index contributed by atoms with van der Waals surface area (Å²) >= 11 is 0. The minimum atomic E-state index is -2.94. The summed E-state index contributed by atoms with van der Waals surface area (Å²) in [5.41, 5.74) is 0.831. The Hall–Kier alpha value is -0.940. The zero-order valence-corrected chi connectivity index (χ0v) is 12.0. The second kappa shape index (κ2) is 7.60. The lowest BCUT2D eigenvalue weighted by atomic mass is 9.96. The highest BCUT2D eigenvalue weighted by atomic mass is 32.2. The summed E-state index contributed by atoms with van der Waals surface area (Å²) in [4.78, 5) is 0. The summed E-state index contributed by atoms with van der Waals surface area (Å²) < 4.78 is 35.8. The molecule has 0 saturated heterocycles. The summed E-state index contributed by atoms with van der Waals surface area (Å²) in [6.07, 6.45) is 1.74. The third-order valence-electron chi connectivity index (χ3n) is 3.18. The van der Waals surface area contributed by atoms with Crippen LogP contribution < -0.4 is 0 Å². The third kappa shape index (κ3) is 6.16. The van der Waals surface area contributed by atoms with Crippen molar-refractivity contribution in [2.24, 2.45) is 5.92 Å². The van der Waals surface area contributed by atoms with Gasteiger partial charge in [-0.2, -0.15) is 0 Å². The molecule has 108 valence electrons. The molecule has 0 fully saturated rings. The number of benzene rings is 1. The lowest BCUT2D eigenvalue weighted by Gasteiger charge is -2.14. The van der Waals surface area contributed by atoms with E-state index >= 15 is 0 Å². The zero-order chi connectivity index (χ0) is 14.3. The second-order valence-electron chi connectivity index (χ2n) is 4.76. The number of halogens is 1. The van der Waals surface area contributed by atoms with E-state index in [0.717, 1.165) is 5.56 Å². The Morgan fingerprint density at radius 1 is 1.37 bits per heavy atom. The van der Waals surface area contributed by atoms with E-state index in [1.54, 1.807) is 13.0 Å². The molecule has 0 spiro atoms. The number of sulfone groups is 1. The fourth-order valence-corrected chi connectivity index (χ4v) is 2.89. The molecule has 1 aromatic carbocycles. The molecule has 0 radical (unpaired) electrons. The maximum Gasteiger partial charge on any atom is 0.150 e. The molecule has 0 aromatic heterocycles. The predicted molar refractivity (Wildman–Crippen MR) is 74.2 cm³/mol. The highest BCUT2D eigenvalue weighted by Gasteiger charge is 2.12. The van der Waals surface area contributed by atoms with Gasteiger partial charge in [-0.25, -0.2) is 12.8 Å². The first kappa shape index (κ1) is 16.1. The number of rotatable bonds is 8. The molecule has 5 heteroatoms. The van der Waals surface area contributed by atoms with Crippen LogP contribution in [0.1, 0.15) is 25.3 Å². The minimum Gasteiger partial charge on any atom is -0.396 e. The predicted octanol–water partition coefficient (Wildman–Crippen LogP) is 2.19. The van der Waals surface area contributed by atoms with Gasteiger partial charge >= 0.3 is 0 Å². The van der Waals surface area contributed by atoms with Gasteiger partial charge in [-0.05, 0) is 42.9 Å². The number of hydrogen-bond donors (Lipinski definition) is 1.